The molecule has 0 spiro atoms. The van der Waals surface area contributed by atoms with E-state index in [0.29, 0.717) is 17.4 Å². The Morgan fingerprint density at radius 3 is 2.38 bits per heavy atom. The number of hydrogen-bond acceptors (Lipinski definition) is 7. The zero-order valence-electron chi connectivity index (χ0n) is 19.7. The molecule has 2 aromatic rings. The van der Waals surface area contributed by atoms with Gasteiger partial charge in [-0.3, -0.25) is 9.59 Å². The number of ketones is 1. The van der Waals surface area contributed by atoms with Crippen LogP contribution >= 0.6 is 0 Å². The van der Waals surface area contributed by atoms with Crippen LogP contribution in [-0.2, 0) is 24.3 Å². The summed E-state index contributed by atoms with van der Waals surface area (Å²) in [6.45, 7) is 5.11. The van der Waals surface area contributed by atoms with Crippen molar-refractivity contribution >= 4 is 28.1 Å². The molecule has 2 aromatic carbocycles. The van der Waals surface area contributed by atoms with E-state index in [9.17, 15) is 22.8 Å². The number of carbonyl (C=O) groups is 3. The Labute approximate surface area is 199 Å². The highest BCUT2D eigenvalue weighted by molar-refractivity contribution is 7.89. The Morgan fingerprint density at radius 1 is 1.15 bits per heavy atom. The van der Waals surface area contributed by atoms with E-state index in [1.165, 1.54) is 30.5 Å². The predicted molar refractivity (Wildman–Crippen MR) is 125 cm³/mol. The molecule has 0 aliphatic carbocycles. The minimum Gasteiger partial charge on any atom is -0.496 e. The van der Waals surface area contributed by atoms with Gasteiger partial charge in [0.1, 0.15) is 12.0 Å². The number of methoxy groups -OCH3 is 1. The first kappa shape index (κ1) is 25.6. The molecule has 34 heavy (non-hydrogen) atoms. The van der Waals surface area contributed by atoms with Crippen LogP contribution in [0.25, 0.3) is 0 Å². The van der Waals surface area contributed by atoms with E-state index in [1.54, 1.807) is 37.3 Å². The molecule has 0 saturated carbocycles. The van der Waals surface area contributed by atoms with Crippen LogP contribution in [-0.4, -0.2) is 51.0 Å². The minimum atomic E-state index is -4.01. The highest BCUT2D eigenvalue weighted by atomic mass is 32.2. The standard InChI is InChI=1S/C25H29NO7S/c1-5-33-24(29)13-19-14-26(34(30,31)20-9-6-16(2)7-10-20)25(22(19)15-27)18-8-11-21(17(3)28)23(12-18)32-4/h6-12,15,19,22,25H,5,13-14H2,1-4H3/t19-,22+,25-/m1/s1. The molecule has 0 aromatic heterocycles. The van der Waals surface area contributed by atoms with Crippen molar-refractivity contribution in [1.82, 2.24) is 4.31 Å². The van der Waals surface area contributed by atoms with Crippen LogP contribution in [0.1, 0.15) is 47.8 Å². The molecule has 0 unspecified atom stereocenters. The van der Waals surface area contributed by atoms with E-state index in [-0.39, 0.29) is 36.0 Å². The molecule has 1 fully saturated rings. The summed E-state index contributed by atoms with van der Waals surface area (Å²) in [4.78, 5) is 36.5. The summed E-state index contributed by atoms with van der Waals surface area (Å²) in [7, 11) is -2.59. The first-order valence-corrected chi connectivity index (χ1v) is 12.5. The van der Waals surface area contributed by atoms with Crippen molar-refractivity contribution in [3.63, 3.8) is 0 Å². The topological polar surface area (TPSA) is 107 Å². The average Bonchev–Trinajstić information content (AvgIpc) is 3.17. The van der Waals surface area contributed by atoms with E-state index in [0.717, 1.165) is 5.56 Å². The molecule has 1 aliphatic rings. The van der Waals surface area contributed by atoms with Gasteiger partial charge >= 0.3 is 5.97 Å². The average molecular weight is 488 g/mol. The lowest BCUT2D eigenvalue weighted by Crippen LogP contribution is -2.32. The third-order valence-electron chi connectivity index (χ3n) is 6.10. The summed E-state index contributed by atoms with van der Waals surface area (Å²) in [6.07, 6.45) is 0.612. The molecule has 9 heteroatoms. The van der Waals surface area contributed by atoms with Crippen molar-refractivity contribution < 1.29 is 32.3 Å². The predicted octanol–water partition coefficient (Wildman–Crippen LogP) is 3.34. The van der Waals surface area contributed by atoms with E-state index in [4.69, 9.17) is 9.47 Å². The summed E-state index contributed by atoms with van der Waals surface area (Å²) >= 11 is 0. The van der Waals surface area contributed by atoms with Crippen molar-refractivity contribution in [1.29, 1.82) is 0 Å². The molecule has 1 saturated heterocycles. The fraction of sp³-hybridized carbons (Fsp3) is 0.400. The molecule has 182 valence electrons. The summed E-state index contributed by atoms with van der Waals surface area (Å²) in [6, 6.07) is 10.4. The Kier molecular flexibility index (Phi) is 7.89. The third kappa shape index (κ3) is 5.05. The van der Waals surface area contributed by atoms with Crippen LogP contribution in [0, 0.1) is 18.8 Å². The molecule has 0 amide bonds. The maximum Gasteiger partial charge on any atom is 0.306 e. The maximum absolute atomic E-state index is 13.7. The second-order valence-electron chi connectivity index (χ2n) is 8.33. The van der Waals surface area contributed by atoms with E-state index >= 15 is 0 Å². The van der Waals surface area contributed by atoms with Gasteiger partial charge in [0.05, 0.1) is 36.6 Å². The second-order valence-corrected chi connectivity index (χ2v) is 10.2. The number of hydrogen-bond donors (Lipinski definition) is 0. The van der Waals surface area contributed by atoms with E-state index in [2.05, 4.69) is 0 Å². The van der Waals surface area contributed by atoms with E-state index < -0.39 is 33.9 Å². The Bertz CT molecular complexity index is 1170. The normalized spacial score (nSPS) is 20.6. The lowest BCUT2D eigenvalue weighted by Gasteiger charge is -2.27. The zero-order chi connectivity index (χ0) is 25.0. The summed E-state index contributed by atoms with van der Waals surface area (Å²) in [5.41, 5.74) is 1.76. The first-order valence-electron chi connectivity index (χ1n) is 11.0. The number of esters is 1. The van der Waals surface area contributed by atoms with Gasteiger partial charge in [-0.05, 0) is 56.5 Å². The van der Waals surface area contributed by atoms with Crippen molar-refractivity contribution in [3.05, 3.63) is 59.2 Å². The fourth-order valence-corrected chi connectivity index (χ4v) is 6.10. The molecular weight excluding hydrogens is 458 g/mol. The van der Waals surface area contributed by atoms with Crippen molar-refractivity contribution in [3.8, 4) is 5.75 Å². The Morgan fingerprint density at radius 2 is 1.82 bits per heavy atom. The molecule has 1 heterocycles. The molecule has 0 N–H and O–H groups in total. The molecule has 0 radical (unpaired) electrons. The Hall–Kier alpha value is -3.04. The Balaban J connectivity index is 2.12. The number of aldehydes is 1. The number of Topliss-reactive ketones (excluding diaryl/α,β-unsaturated/α-hetero) is 1. The minimum absolute atomic E-state index is 0.0279. The second kappa shape index (κ2) is 10.5. The first-order chi connectivity index (χ1) is 16.1. The fourth-order valence-electron chi connectivity index (χ4n) is 4.40. The summed E-state index contributed by atoms with van der Waals surface area (Å²) < 4.78 is 39.1. The molecule has 8 nitrogen and oxygen atoms in total. The largest absolute Gasteiger partial charge is 0.496 e. The molecule has 0 bridgehead atoms. The SMILES string of the molecule is CCOC(=O)C[C@@H]1CN(S(=O)(=O)c2ccc(C)cc2)[C@H](c2ccc(C(C)=O)c(OC)c2)[C@H]1C=O. The third-order valence-corrected chi connectivity index (χ3v) is 7.96. The lowest BCUT2D eigenvalue weighted by molar-refractivity contribution is -0.144. The molecule has 1 aliphatic heterocycles. The number of ether oxygens (including phenoxy) is 2. The van der Waals surface area contributed by atoms with Crippen LogP contribution in [0.15, 0.2) is 47.4 Å². The summed E-state index contributed by atoms with van der Waals surface area (Å²) in [5.74, 6) is -1.77. The highest BCUT2D eigenvalue weighted by Crippen LogP contribution is 2.45. The van der Waals surface area contributed by atoms with Crippen molar-refractivity contribution in [2.75, 3.05) is 20.3 Å². The number of sulfonamides is 1. The van der Waals surface area contributed by atoms with Gasteiger partial charge in [0.15, 0.2) is 5.78 Å². The monoisotopic (exact) mass is 487 g/mol. The number of aryl methyl sites for hydroxylation is 1. The van der Waals surface area contributed by atoms with Gasteiger partial charge in [-0.2, -0.15) is 4.31 Å². The van der Waals surface area contributed by atoms with Crippen LogP contribution in [0.2, 0.25) is 0 Å². The molecule has 3 rings (SSSR count). The number of nitrogens with zero attached hydrogens (tertiary/aromatic N) is 1. The summed E-state index contributed by atoms with van der Waals surface area (Å²) in [5, 5.41) is 0. The number of carbonyl (C=O) groups excluding carboxylic acids is 3. The number of rotatable bonds is 9. The van der Waals surface area contributed by atoms with Gasteiger partial charge in [0.2, 0.25) is 10.0 Å². The van der Waals surface area contributed by atoms with Crippen LogP contribution in [0.4, 0.5) is 0 Å². The lowest BCUT2D eigenvalue weighted by atomic mass is 9.86. The van der Waals surface area contributed by atoms with Gasteiger partial charge in [0.25, 0.3) is 0 Å². The van der Waals surface area contributed by atoms with Gasteiger partial charge in [-0.15, -0.1) is 0 Å². The maximum atomic E-state index is 13.7. The van der Waals surface area contributed by atoms with Crippen LogP contribution in [0.3, 0.4) is 0 Å². The molecular formula is C25H29NO7S. The van der Waals surface area contributed by atoms with Crippen molar-refractivity contribution in [2.45, 2.75) is 38.1 Å². The zero-order valence-corrected chi connectivity index (χ0v) is 20.5. The number of benzene rings is 2. The van der Waals surface area contributed by atoms with Gasteiger partial charge in [-0.25, -0.2) is 8.42 Å². The smallest absolute Gasteiger partial charge is 0.306 e. The van der Waals surface area contributed by atoms with Gasteiger partial charge in [0, 0.05) is 12.5 Å². The van der Waals surface area contributed by atoms with Gasteiger partial charge < -0.3 is 14.3 Å². The van der Waals surface area contributed by atoms with E-state index in [1.807, 2.05) is 6.92 Å². The van der Waals surface area contributed by atoms with Crippen LogP contribution in [0.5, 0.6) is 5.75 Å². The van der Waals surface area contributed by atoms with Crippen molar-refractivity contribution in [2.24, 2.45) is 11.8 Å². The molecule has 3 atom stereocenters. The van der Waals surface area contributed by atoms with Gasteiger partial charge in [-0.1, -0.05) is 23.8 Å². The quantitative estimate of drug-likeness (QED) is 0.303. The van der Waals surface area contributed by atoms with Crippen LogP contribution < -0.4 is 4.74 Å². The highest BCUT2D eigenvalue weighted by Gasteiger charge is 2.48.